The number of halogens is 1. The molecule has 146 valence electrons. The van der Waals surface area contributed by atoms with Crippen LogP contribution in [0.2, 0.25) is 0 Å². The molecular formula is C22H28FNO3. The van der Waals surface area contributed by atoms with Crippen LogP contribution >= 0.6 is 0 Å². The van der Waals surface area contributed by atoms with Crippen LogP contribution in [0.1, 0.15) is 45.1 Å². The molecule has 2 saturated heterocycles. The van der Waals surface area contributed by atoms with Crippen LogP contribution in [-0.4, -0.2) is 30.3 Å². The number of hydrogen-bond donors (Lipinski definition) is 1. The minimum absolute atomic E-state index is 0.00829. The minimum Gasteiger partial charge on any atom is -0.462 e. The van der Waals surface area contributed by atoms with Crippen molar-refractivity contribution in [2.75, 3.05) is 6.54 Å². The maximum Gasteiger partial charge on any atom is 0.311 e. The van der Waals surface area contributed by atoms with Crippen molar-refractivity contribution in [2.24, 2.45) is 23.2 Å². The van der Waals surface area contributed by atoms with E-state index >= 15 is 0 Å². The molecule has 1 N–H and O–H groups in total. The minimum atomic E-state index is -0.232. The van der Waals surface area contributed by atoms with Crippen LogP contribution in [0.4, 0.5) is 4.39 Å². The van der Waals surface area contributed by atoms with Gasteiger partial charge in [-0.05, 0) is 42.9 Å². The molecule has 0 unspecified atom stereocenters. The molecule has 1 spiro atoms. The highest BCUT2D eigenvalue weighted by Crippen LogP contribution is 2.70. The number of epoxide rings is 1. The van der Waals surface area contributed by atoms with Crippen LogP contribution in [0.25, 0.3) is 0 Å². The van der Waals surface area contributed by atoms with Crippen LogP contribution in [-0.2, 0) is 20.8 Å². The lowest BCUT2D eigenvalue weighted by Crippen LogP contribution is -2.54. The Morgan fingerprint density at radius 2 is 2.07 bits per heavy atom. The Kier molecular flexibility index (Phi) is 3.93. The molecule has 7 atom stereocenters. The summed E-state index contributed by atoms with van der Waals surface area (Å²) in [6.45, 7) is 5.86. The number of esters is 1. The Labute approximate surface area is 159 Å². The van der Waals surface area contributed by atoms with E-state index in [0.29, 0.717) is 19.0 Å². The van der Waals surface area contributed by atoms with Gasteiger partial charge in [0.15, 0.2) is 0 Å². The van der Waals surface area contributed by atoms with Gasteiger partial charge in [-0.2, -0.15) is 0 Å². The molecular weight excluding hydrogens is 345 g/mol. The number of rotatable bonds is 4. The second-order valence-electron chi connectivity index (χ2n) is 9.31. The van der Waals surface area contributed by atoms with Crippen LogP contribution in [0.15, 0.2) is 24.3 Å². The molecule has 0 bridgehead atoms. The molecule has 2 heterocycles. The highest BCUT2D eigenvalue weighted by atomic mass is 19.1. The number of fused-ring (bicyclic) bond motifs is 2. The second kappa shape index (κ2) is 6.02. The molecule has 5 heteroatoms. The van der Waals surface area contributed by atoms with Gasteiger partial charge in [0.25, 0.3) is 0 Å². The fourth-order valence-corrected chi connectivity index (χ4v) is 6.44. The molecule has 1 aromatic carbocycles. The van der Waals surface area contributed by atoms with Gasteiger partial charge in [-0.3, -0.25) is 4.79 Å². The van der Waals surface area contributed by atoms with E-state index in [1.54, 1.807) is 12.1 Å². The summed E-state index contributed by atoms with van der Waals surface area (Å²) in [4.78, 5) is 12.6. The highest BCUT2D eigenvalue weighted by Gasteiger charge is 2.78. The molecule has 2 saturated carbocycles. The summed E-state index contributed by atoms with van der Waals surface area (Å²) >= 11 is 0. The first-order chi connectivity index (χ1) is 12.9. The lowest BCUT2D eigenvalue weighted by Gasteiger charge is -2.48. The Bertz CT molecular complexity index is 752. The topological polar surface area (TPSA) is 50.9 Å². The molecule has 4 aliphatic rings. The van der Waals surface area contributed by atoms with Crippen molar-refractivity contribution >= 4 is 5.97 Å². The standard InChI is InChI=1S/C22H28FNO3/c1-13-4-3-9-21(2)10-17-18(19-22(13,21)27-19)16(20(25)26-17)12-24-11-14-5-7-15(23)8-6-14/h5-8,13,16-19,24H,3-4,9-12H2,1-2H3/t13-,16-,17+,18+,19-,21+,22-/m0/s1. The van der Waals surface area contributed by atoms with Gasteiger partial charge in [0, 0.05) is 24.4 Å². The van der Waals surface area contributed by atoms with Gasteiger partial charge in [-0.25, -0.2) is 4.39 Å². The van der Waals surface area contributed by atoms with Crippen LogP contribution in [0.5, 0.6) is 0 Å². The predicted octanol–water partition coefficient (Wildman–Crippen LogP) is 3.44. The molecule has 27 heavy (non-hydrogen) atoms. The summed E-state index contributed by atoms with van der Waals surface area (Å²) in [6.07, 6.45) is 4.70. The van der Waals surface area contributed by atoms with Crippen molar-refractivity contribution in [2.45, 2.75) is 63.9 Å². The zero-order valence-corrected chi connectivity index (χ0v) is 16.0. The molecule has 0 amide bonds. The lowest BCUT2D eigenvalue weighted by atomic mass is 9.53. The van der Waals surface area contributed by atoms with Crippen molar-refractivity contribution in [3.8, 4) is 0 Å². The van der Waals surface area contributed by atoms with E-state index in [9.17, 15) is 9.18 Å². The first kappa shape index (κ1) is 17.6. The van der Waals surface area contributed by atoms with E-state index in [4.69, 9.17) is 9.47 Å². The Morgan fingerprint density at radius 3 is 2.85 bits per heavy atom. The first-order valence-electron chi connectivity index (χ1n) is 10.3. The van der Waals surface area contributed by atoms with Crippen molar-refractivity contribution in [3.63, 3.8) is 0 Å². The largest absolute Gasteiger partial charge is 0.462 e. The second-order valence-corrected chi connectivity index (χ2v) is 9.31. The molecule has 4 nitrogen and oxygen atoms in total. The summed E-state index contributed by atoms with van der Waals surface area (Å²) in [5, 5.41) is 3.38. The molecule has 4 fully saturated rings. The van der Waals surface area contributed by atoms with E-state index in [1.165, 1.54) is 31.4 Å². The van der Waals surface area contributed by atoms with Crippen LogP contribution < -0.4 is 5.32 Å². The highest BCUT2D eigenvalue weighted by molar-refractivity contribution is 5.76. The van der Waals surface area contributed by atoms with Gasteiger partial charge in [-0.15, -0.1) is 0 Å². The van der Waals surface area contributed by atoms with Crippen molar-refractivity contribution < 1.29 is 18.7 Å². The number of hydrogen-bond acceptors (Lipinski definition) is 4. The Balaban J connectivity index is 1.30. The number of benzene rings is 1. The monoisotopic (exact) mass is 373 g/mol. The third-order valence-electron chi connectivity index (χ3n) is 7.80. The van der Waals surface area contributed by atoms with E-state index in [-0.39, 0.29) is 46.8 Å². The zero-order valence-electron chi connectivity index (χ0n) is 16.0. The Morgan fingerprint density at radius 1 is 1.30 bits per heavy atom. The molecule has 2 aliphatic heterocycles. The molecule has 2 aliphatic carbocycles. The quantitative estimate of drug-likeness (QED) is 0.649. The fraction of sp³-hybridized carbons (Fsp3) is 0.682. The molecule has 1 aromatic rings. The third-order valence-corrected chi connectivity index (χ3v) is 7.80. The van der Waals surface area contributed by atoms with E-state index in [1.807, 2.05) is 0 Å². The van der Waals surface area contributed by atoms with Gasteiger partial charge < -0.3 is 14.8 Å². The first-order valence-corrected chi connectivity index (χ1v) is 10.3. The van der Waals surface area contributed by atoms with E-state index in [0.717, 1.165) is 12.0 Å². The number of carbonyl (C=O) groups is 1. The van der Waals surface area contributed by atoms with E-state index < -0.39 is 0 Å². The van der Waals surface area contributed by atoms with Gasteiger partial charge in [0.05, 0.1) is 12.0 Å². The van der Waals surface area contributed by atoms with E-state index in [2.05, 4.69) is 19.2 Å². The van der Waals surface area contributed by atoms with Gasteiger partial charge in [-0.1, -0.05) is 32.4 Å². The van der Waals surface area contributed by atoms with Crippen LogP contribution in [0, 0.1) is 29.0 Å². The summed E-state index contributed by atoms with van der Waals surface area (Å²) < 4.78 is 25.3. The molecule has 0 aromatic heterocycles. The third kappa shape index (κ3) is 2.51. The number of carbonyl (C=O) groups excluding carboxylic acids is 1. The lowest BCUT2D eigenvalue weighted by molar-refractivity contribution is -0.146. The van der Waals surface area contributed by atoms with Crippen molar-refractivity contribution in [1.29, 1.82) is 0 Å². The zero-order chi connectivity index (χ0) is 18.8. The predicted molar refractivity (Wildman–Crippen MR) is 98.3 cm³/mol. The summed E-state index contributed by atoms with van der Waals surface area (Å²) in [7, 11) is 0. The number of nitrogens with one attached hydrogen (secondary N) is 1. The smallest absolute Gasteiger partial charge is 0.311 e. The summed E-state index contributed by atoms with van der Waals surface area (Å²) in [5.74, 6) is 0.234. The maximum atomic E-state index is 13.0. The normalized spacial score (nSPS) is 44.9. The van der Waals surface area contributed by atoms with Gasteiger partial charge in [0.1, 0.15) is 17.5 Å². The SMILES string of the molecule is C[C@H]1CCC[C@]2(C)C[C@H]3OC(=O)[C@@H](CNCc4ccc(F)cc4)[C@H]3[C@@H]3O[C@@]132. The average Bonchev–Trinajstić information content (AvgIpc) is 3.31. The summed E-state index contributed by atoms with van der Waals surface area (Å²) in [5.41, 5.74) is 1.10. The molecule has 0 radical (unpaired) electrons. The maximum absolute atomic E-state index is 13.0. The number of ether oxygens (including phenoxy) is 2. The van der Waals surface area contributed by atoms with Crippen molar-refractivity contribution in [1.82, 2.24) is 5.32 Å². The van der Waals surface area contributed by atoms with Crippen LogP contribution in [0.3, 0.4) is 0 Å². The van der Waals surface area contributed by atoms with Gasteiger partial charge >= 0.3 is 5.97 Å². The molecule has 5 rings (SSSR count). The fourth-order valence-electron chi connectivity index (χ4n) is 6.44. The summed E-state index contributed by atoms with van der Waals surface area (Å²) in [6, 6.07) is 6.47. The Hall–Kier alpha value is -1.46. The van der Waals surface area contributed by atoms with Gasteiger partial charge in [0.2, 0.25) is 0 Å². The van der Waals surface area contributed by atoms with Crippen molar-refractivity contribution in [3.05, 3.63) is 35.6 Å². The average molecular weight is 373 g/mol.